The Bertz CT molecular complexity index is 1080. The summed E-state index contributed by atoms with van der Waals surface area (Å²) in [4.78, 5) is 16.4. The Kier molecular flexibility index (Phi) is 5.92. The van der Waals surface area contributed by atoms with E-state index < -0.39 is 15.9 Å². The summed E-state index contributed by atoms with van der Waals surface area (Å²) < 4.78 is 39.5. The van der Waals surface area contributed by atoms with Crippen molar-refractivity contribution in [1.29, 1.82) is 0 Å². The quantitative estimate of drug-likeness (QED) is 0.623. The molecule has 0 saturated heterocycles. The number of thiazole rings is 1. The van der Waals surface area contributed by atoms with Crippen LogP contribution in [-0.2, 0) is 14.8 Å². The number of anilines is 1. The molecule has 0 fully saturated rings. The molecule has 1 amide bonds. The average Bonchev–Trinajstić information content (AvgIpc) is 3.24. The highest BCUT2D eigenvalue weighted by molar-refractivity contribution is 7.91. The molecule has 0 spiro atoms. The maximum atomic E-state index is 13.3. The predicted octanol–water partition coefficient (Wildman–Crippen LogP) is 3.92. The van der Waals surface area contributed by atoms with E-state index in [1.54, 1.807) is 17.5 Å². The maximum Gasteiger partial charge on any atom is 0.252 e. The zero-order valence-electron chi connectivity index (χ0n) is 13.8. The van der Waals surface area contributed by atoms with Gasteiger partial charge in [-0.05, 0) is 24.3 Å². The van der Waals surface area contributed by atoms with Gasteiger partial charge < -0.3 is 5.32 Å². The minimum atomic E-state index is -3.80. The van der Waals surface area contributed by atoms with Crippen molar-refractivity contribution in [3.8, 4) is 11.3 Å². The van der Waals surface area contributed by atoms with Crippen LogP contribution >= 0.6 is 34.3 Å². The summed E-state index contributed by atoms with van der Waals surface area (Å²) in [6.07, 6.45) is 0. The summed E-state index contributed by atoms with van der Waals surface area (Å²) in [7, 11) is -2.49. The van der Waals surface area contributed by atoms with Crippen molar-refractivity contribution in [3.05, 3.63) is 51.9 Å². The second-order valence-electron chi connectivity index (χ2n) is 5.42. The van der Waals surface area contributed by atoms with E-state index in [2.05, 4.69) is 10.3 Å². The van der Waals surface area contributed by atoms with Gasteiger partial charge in [0.2, 0.25) is 5.91 Å². The fourth-order valence-electron chi connectivity index (χ4n) is 2.15. The van der Waals surface area contributed by atoms with E-state index in [-0.39, 0.29) is 16.6 Å². The normalized spacial score (nSPS) is 11.7. The molecule has 0 unspecified atom stereocenters. The van der Waals surface area contributed by atoms with E-state index in [0.717, 1.165) is 27.0 Å². The fourth-order valence-corrected chi connectivity index (χ4v) is 5.70. The van der Waals surface area contributed by atoms with Crippen LogP contribution in [0.3, 0.4) is 0 Å². The number of thiophene rings is 1. The second kappa shape index (κ2) is 8.03. The Hall–Kier alpha value is -1.85. The van der Waals surface area contributed by atoms with Gasteiger partial charge in [0, 0.05) is 18.0 Å². The Morgan fingerprint density at radius 3 is 2.78 bits per heavy atom. The topological polar surface area (TPSA) is 79.4 Å². The van der Waals surface area contributed by atoms with Crippen molar-refractivity contribution in [3.63, 3.8) is 0 Å². The highest BCUT2D eigenvalue weighted by Gasteiger charge is 2.25. The standard InChI is InChI=1S/C16H13ClFN3O3S3/c1-21(27(23,24)15-6-5-13(17)26-15)8-14(22)20-16-19-12(9-25-16)10-3-2-4-11(18)7-10/h2-7,9H,8H2,1H3,(H,19,20,22). The summed E-state index contributed by atoms with van der Waals surface area (Å²) in [5.74, 6) is -0.921. The summed E-state index contributed by atoms with van der Waals surface area (Å²) in [5.41, 5.74) is 1.10. The molecule has 27 heavy (non-hydrogen) atoms. The minimum absolute atomic E-state index is 0.0606. The number of amides is 1. The number of hydrogen-bond donors (Lipinski definition) is 1. The molecule has 11 heteroatoms. The molecule has 0 aliphatic heterocycles. The van der Waals surface area contributed by atoms with Crippen molar-refractivity contribution in [2.45, 2.75) is 4.21 Å². The molecule has 3 aromatic rings. The van der Waals surface area contributed by atoms with Crippen LogP contribution in [0.25, 0.3) is 11.3 Å². The molecule has 0 bridgehead atoms. The van der Waals surface area contributed by atoms with Crippen LogP contribution in [0.4, 0.5) is 9.52 Å². The highest BCUT2D eigenvalue weighted by Crippen LogP contribution is 2.28. The molecule has 2 aromatic heterocycles. The first-order chi connectivity index (χ1) is 12.8. The average molecular weight is 446 g/mol. The molecule has 0 saturated carbocycles. The van der Waals surface area contributed by atoms with Crippen LogP contribution in [0, 0.1) is 5.82 Å². The minimum Gasteiger partial charge on any atom is -0.301 e. The van der Waals surface area contributed by atoms with Crippen LogP contribution in [0.15, 0.2) is 46.0 Å². The fraction of sp³-hybridized carbons (Fsp3) is 0.125. The van der Waals surface area contributed by atoms with Gasteiger partial charge in [-0.15, -0.1) is 22.7 Å². The summed E-state index contributed by atoms with van der Waals surface area (Å²) in [6.45, 7) is -0.382. The number of nitrogens with one attached hydrogen (secondary N) is 1. The van der Waals surface area contributed by atoms with Gasteiger partial charge >= 0.3 is 0 Å². The van der Waals surface area contributed by atoms with Gasteiger partial charge in [0.15, 0.2) is 5.13 Å². The third-order valence-electron chi connectivity index (χ3n) is 3.45. The van der Waals surface area contributed by atoms with E-state index in [1.807, 2.05) is 0 Å². The summed E-state index contributed by atoms with van der Waals surface area (Å²) >= 11 is 7.86. The number of hydrogen-bond acceptors (Lipinski definition) is 6. The predicted molar refractivity (Wildman–Crippen MR) is 105 cm³/mol. The lowest BCUT2D eigenvalue weighted by Gasteiger charge is -2.15. The number of carbonyl (C=O) groups excluding carboxylic acids is 1. The van der Waals surface area contributed by atoms with Gasteiger partial charge in [-0.2, -0.15) is 4.31 Å². The summed E-state index contributed by atoms with van der Waals surface area (Å²) in [5, 5.41) is 4.53. The second-order valence-corrected chi connectivity index (χ2v) is 10.3. The van der Waals surface area contributed by atoms with Crippen LogP contribution in [-0.4, -0.2) is 37.2 Å². The number of rotatable bonds is 6. The molecule has 142 valence electrons. The molecule has 0 radical (unpaired) electrons. The summed E-state index contributed by atoms with van der Waals surface area (Å²) in [6, 6.07) is 8.82. The number of halogens is 2. The van der Waals surface area contributed by atoms with Crippen molar-refractivity contribution < 1.29 is 17.6 Å². The SMILES string of the molecule is CN(CC(=O)Nc1nc(-c2cccc(F)c2)cs1)S(=O)(=O)c1ccc(Cl)s1. The molecular formula is C16H13ClFN3O3S3. The Balaban J connectivity index is 1.66. The monoisotopic (exact) mass is 445 g/mol. The first-order valence-corrected chi connectivity index (χ1v) is 11.0. The number of likely N-dealkylation sites (N-methyl/N-ethyl adjacent to an activating group) is 1. The maximum absolute atomic E-state index is 13.3. The first kappa shape index (κ1) is 19.9. The van der Waals surface area contributed by atoms with Crippen molar-refractivity contribution >= 4 is 55.3 Å². The van der Waals surface area contributed by atoms with E-state index in [1.165, 1.54) is 31.3 Å². The number of sulfonamides is 1. The lowest BCUT2D eigenvalue weighted by molar-refractivity contribution is -0.116. The molecule has 3 rings (SSSR count). The van der Waals surface area contributed by atoms with E-state index in [9.17, 15) is 17.6 Å². The smallest absolute Gasteiger partial charge is 0.252 e. The molecule has 0 aliphatic rings. The lowest BCUT2D eigenvalue weighted by Crippen LogP contribution is -2.34. The zero-order chi connectivity index (χ0) is 19.6. The Morgan fingerprint density at radius 1 is 1.33 bits per heavy atom. The van der Waals surface area contributed by atoms with Gasteiger partial charge in [0.25, 0.3) is 10.0 Å². The van der Waals surface area contributed by atoms with Crippen LogP contribution in [0.1, 0.15) is 0 Å². The van der Waals surface area contributed by atoms with Gasteiger partial charge in [-0.3, -0.25) is 4.79 Å². The molecule has 2 heterocycles. The Morgan fingerprint density at radius 2 is 2.11 bits per heavy atom. The van der Waals surface area contributed by atoms with Gasteiger partial charge in [-0.1, -0.05) is 23.7 Å². The van der Waals surface area contributed by atoms with Crippen LogP contribution in [0.2, 0.25) is 4.34 Å². The van der Waals surface area contributed by atoms with Crippen molar-refractivity contribution in [1.82, 2.24) is 9.29 Å². The number of carbonyl (C=O) groups is 1. The molecule has 0 atom stereocenters. The van der Waals surface area contributed by atoms with Crippen molar-refractivity contribution in [2.24, 2.45) is 0 Å². The van der Waals surface area contributed by atoms with Crippen LogP contribution in [0.5, 0.6) is 0 Å². The van der Waals surface area contributed by atoms with Gasteiger partial charge in [0.1, 0.15) is 10.0 Å². The number of nitrogens with zero attached hydrogens (tertiary/aromatic N) is 2. The Labute approximate surface area is 168 Å². The molecule has 1 N–H and O–H groups in total. The van der Waals surface area contributed by atoms with Crippen molar-refractivity contribution in [2.75, 3.05) is 18.9 Å². The highest BCUT2D eigenvalue weighted by atomic mass is 35.5. The number of aromatic nitrogens is 1. The third kappa shape index (κ3) is 4.71. The first-order valence-electron chi connectivity index (χ1n) is 7.49. The van der Waals surface area contributed by atoms with Crippen LogP contribution < -0.4 is 5.32 Å². The third-order valence-corrected chi connectivity index (χ3v) is 7.71. The zero-order valence-corrected chi connectivity index (χ0v) is 17.1. The molecular weight excluding hydrogens is 433 g/mol. The molecule has 1 aromatic carbocycles. The largest absolute Gasteiger partial charge is 0.301 e. The molecule has 0 aliphatic carbocycles. The van der Waals surface area contributed by atoms with Gasteiger partial charge in [0.05, 0.1) is 16.6 Å². The van der Waals surface area contributed by atoms with Gasteiger partial charge in [-0.25, -0.2) is 17.8 Å². The lowest BCUT2D eigenvalue weighted by atomic mass is 10.2. The molecule has 6 nitrogen and oxygen atoms in total. The van der Waals surface area contributed by atoms with E-state index >= 15 is 0 Å². The van der Waals surface area contributed by atoms with E-state index in [0.29, 0.717) is 20.7 Å². The number of benzene rings is 1. The van der Waals surface area contributed by atoms with E-state index in [4.69, 9.17) is 11.6 Å².